The van der Waals surface area contributed by atoms with Crippen LogP contribution < -0.4 is 18.3 Å². The summed E-state index contributed by atoms with van der Waals surface area (Å²) >= 11 is 0. The van der Waals surface area contributed by atoms with E-state index in [1.54, 1.807) is 0 Å². The highest BCUT2D eigenvalue weighted by atomic mass is 14.9. The van der Waals surface area contributed by atoms with Crippen molar-refractivity contribution in [2.45, 2.75) is 48.5 Å². The predicted molar refractivity (Wildman–Crippen MR) is 322 cm³/mol. The lowest BCUT2D eigenvalue weighted by molar-refractivity contribution is -0.667. The monoisotopic (exact) mass is 1010 g/mol. The highest BCUT2D eigenvalue weighted by Gasteiger charge is 2.18. The number of hydrogen-bond acceptors (Lipinski definition) is 0. The molecule has 0 saturated heterocycles. The summed E-state index contributed by atoms with van der Waals surface area (Å²) < 4.78 is 8.86. The number of aromatic nitrogens is 4. The predicted octanol–water partition coefficient (Wildman–Crippen LogP) is 15.9. The minimum Gasteiger partial charge on any atom is -0.201 e. The van der Waals surface area contributed by atoms with Crippen molar-refractivity contribution in [3.8, 4) is 78.4 Å². The first kappa shape index (κ1) is 54.4. The van der Waals surface area contributed by atoms with Crippen LogP contribution in [0.25, 0.3) is 78.4 Å². The van der Waals surface area contributed by atoms with Gasteiger partial charge in [0, 0.05) is 76.2 Å². The summed E-state index contributed by atoms with van der Waals surface area (Å²) in [5.74, 6) is 0. The van der Waals surface area contributed by atoms with Gasteiger partial charge < -0.3 is 0 Å². The molecule has 0 amide bonds. The standard InChI is InChI=1S/C20H20N.2C19H18N.C15H18N/c1-15-9-7-8-12-18(15)20-13-16(2)19(14-21(20)3)17-10-5-4-6-11-17;1-15-8-6-7-11-18(15)19-14-17(12-13-20(19)2)16-9-4-3-5-10-16;1-15-8-6-7-11-18(15)19-13-12-17(14-20(19)2)16-9-4-3-5-10-16;1-11-9-10-15(16(4)13(11)3)14-8-6-5-7-12(14)2/h4-14H,1-3H3;2*3-14H,1-2H3;5-10H,1-4H3/q4*+1. The molecule has 4 heterocycles. The lowest BCUT2D eigenvalue weighted by Gasteiger charge is -2.09. The summed E-state index contributed by atoms with van der Waals surface area (Å²) in [6, 6.07) is 81.1. The Morgan fingerprint density at radius 1 is 0.234 bits per heavy atom. The van der Waals surface area contributed by atoms with Crippen LogP contribution in [0.3, 0.4) is 0 Å². The molecule has 0 spiro atoms. The van der Waals surface area contributed by atoms with Gasteiger partial charge in [-0.2, -0.15) is 4.57 Å². The molecule has 4 heteroatoms. The lowest BCUT2D eigenvalue weighted by atomic mass is 9.98. The first-order valence-electron chi connectivity index (χ1n) is 26.6. The van der Waals surface area contributed by atoms with Crippen LogP contribution in [0.15, 0.2) is 249 Å². The molecule has 11 rings (SSSR count). The second-order valence-corrected chi connectivity index (χ2v) is 20.1. The van der Waals surface area contributed by atoms with E-state index in [-0.39, 0.29) is 0 Å². The van der Waals surface area contributed by atoms with E-state index in [1.165, 1.54) is 117 Å². The van der Waals surface area contributed by atoms with Crippen LogP contribution >= 0.6 is 0 Å². The fourth-order valence-electron chi connectivity index (χ4n) is 9.87. The summed E-state index contributed by atoms with van der Waals surface area (Å²) in [5.41, 5.74) is 26.9. The molecular weight excluding hydrogens is 933 g/mol. The largest absolute Gasteiger partial charge is 0.213 e. The number of hydrogen-bond donors (Lipinski definition) is 0. The molecule has 0 aliphatic heterocycles. The Balaban J connectivity index is 0.000000136. The Kier molecular flexibility index (Phi) is 18.1. The topological polar surface area (TPSA) is 15.5 Å². The van der Waals surface area contributed by atoms with Gasteiger partial charge in [0.25, 0.3) is 0 Å². The van der Waals surface area contributed by atoms with Crippen molar-refractivity contribution < 1.29 is 18.3 Å². The van der Waals surface area contributed by atoms with Crippen LogP contribution in [0, 0.1) is 48.5 Å². The number of benzene rings is 7. The first-order valence-corrected chi connectivity index (χ1v) is 26.6. The molecule has 0 aliphatic rings. The summed E-state index contributed by atoms with van der Waals surface area (Å²) in [6.45, 7) is 15.1. The van der Waals surface area contributed by atoms with Crippen LogP contribution in [-0.4, -0.2) is 0 Å². The third kappa shape index (κ3) is 13.3. The van der Waals surface area contributed by atoms with Gasteiger partial charge >= 0.3 is 0 Å². The maximum absolute atomic E-state index is 2.28. The van der Waals surface area contributed by atoms with Crippen LogP contribution in [0.1, 0.15) is 39.1 Å². The van der Waals surface area contributed by atoms with Crippen molar-refractivity contribution in [1.82, 2.24) is 0 Å². The van der Waals surface area contributed by atoms with Gasteiger partial charge in [-0.3, -0.25) is 0 Å². The van der Waals surface area contributed by atoms with Crippen molar-refractivity contribution in [3.05, 3.63) is 288 Å². The lowest BCUT2D eigenvalue weighted by Crippen LogP contribution is -2.35. The van der Waals surface area contributed by atoms with Crippen LogP contribution in [0.5, 0.6) is 0 Å². The molecule has 7 aromatic carbocycles. The second kappa shape index (κ2) is 25.6. The van der Waals surface area contributed by atoms with Crippen molar-refractivity contribution in [2.75, 3.05) is 0 Å². The van der Waals surface area contributed by atoms with Crippen molar-refractivity contribution >= 4 is 0 Å². The zero-order valence-electron chi connectivity index (χ0n) is 47.0. The third-order valence-electron chi connectivity index (χ3n) is 14.7. The summed E-state index contributed by atoms with van der Waals surface area (Å²) in [6.07, 6.45) is 6.55. The first-order chi connectivity index (χ1) is 37.3. The van der Waals surface area contributed by atoms with Crippen molar-refractivity contribution in [2.24, 2.45) is 28.2 Å². The van der Waals surface area contributed by atoms with Gasteiger partial charge in [0.05, 0.1) is 0 Å². The quantitative estimate of drug-likeness (QED) is 0.141. The molecule has 0 unspecified atom stereocenters. The number of aryl methyl sites for hydroxylation is 9. The van der Waals surface area contributed by atoms with Crippen LogP contribution in [0.4, 0.5) is 0 Å². The smallest absolute Gasteiger partial charge is 0.201 e. The minimum absolute atomic E-state index is 1.24. The summed E-state index contributed by atoms with van der Waals surface area (Å²) in [4.78, 5) is 0. The SMILES string of the molecule is Cc1cc(-c2ccccc2C)[n+](C)cc1-c1ccccc1.Cc1ccccc1-c1cc(-c2ccccc2)cc[n+]1C.Cc1ccccc1-c1ccc(-c2ccccc2)c[n+]1C.Cc1ccccc1-c1ccc(C)c(C)[n+]1C. The fraction of sp³-hybridized carbons (Fsp3) is 0.151. The van der Waals surface area contributed by atoms with E-state index in [0.717, 1.165) is 0 Å². The maximum atomic E-state index is 2.28. The molecule has 77 heavy (non-hydrogen) atoms. The highest BCUT2D eigenvalue weighted by molar-refractivity contribution is 5.72. The molecule has 4 aromatic heterocycles. The van der Waals surface area contributed by atoms with Gasteiger partial charge in [-0.15, -0.1) is 0 Å². The maximum Gasteiger partial charge on any atom is 0.213 e. The van der Waals surface area contributed by atoms with Crippen molar-refractivity contribution in [1.29, 1.82) is 0 Å². The van der Waals surface area contributed by atoms with Gasteiger partial charge in [0.1, 0.15) is 28.2 Å². The van der Waals surface area contributed by atoms with Gasteiger partial charge in [-0.1, -0.05) is 164 Å². The van der Waals surface area contributed by atoms with Gasteiger partial charge in [0.2, 0.25) is 22.8 Å². The molecule has 4 nitrogen and oxygen atoms in total. The number of rotatable bonds is 7. The molecule has 0 radical (unpaired) electrons. The zero-order valence-corrected chi connectivity index (χ0v) is 47.0. The van der Waals surface area contributed by atoms with Crippen LogP contribution in [-0.2, 0) is 28.2 Å². The average Bonchev–Trinajstić information content (AvgIpc) is 3.45. The molecule has 0 N–H and O–H groups in total. The Morgan fingerprint density at radius 3 is 1.10 bits per heavy atom. The van der Waals surface area contributed by atoms with E-state index in [9.17, 15) is 0 Å². The van der Waals surface area contributed by atoms with Crippen LogP contribution in [0.2, 0.25) is 0 Å². The average molecular weight is 1010 g/mol. The molecular formula is C73H74N4+4. The normalized spacial score (nSPS) is 10.5. The fourth-order valence-corrected chi connectivity index (χ4v) is 9.87. The van der Waals surface area contributed by atoms with Gasteiger partial charge in [-0.05, 0) is 128 Å². The Bertz CT molecular complexity index is 3750. The molecule has 0 aliphatic carbocycles. The number of pyridine rings is 4. The Morgan fingerprint density at radius 2 is 0.623 bits per heavy atom. The molecule has 11 aromatic rings. The Hall–Kier alpha value is -8.86. The Labute approximate surface area is 459 Å². The van der Waals surface area contributed by atoms with Crippen molar-refractivity contribution in [3.63, 3.8) is 0 Å². The summed E-state index contributed by atoms with van der Waals surface area (Å²) in [7, 11) is 8.45. The third-order valence-corrected chi connectivity index (χ3v) is 14.7. The molecule has 0 atom stereocenters. The van der Waals surface area contributed by atoms with Gasteiger partial charge in [0.15, 0.2) is 24.3 Å². The van der Waals surface area contributed by atoms with Gasteiger partial charge in [-0.25, -0.2) is 13.7 Å². The molecule has 382 valence electrons. The van der Waals surface area contributed by atoms with E-state index < -0.39 is 0 Å². The summed E-state index contributed by atoms with van der Waals surface area (Å²) in [5, 5.41) is 0. The second-order valence-electron chi connectivity index (χ2n) is 20.1. The highest BCUT2D eigenvalue weighted by Crippen LogP contribution is 2.29. The van der Waals surface area contributed by atoms with E-state index >= 15 is 0 Å². The molecule has 0 saturated carbocycles. The number of nitrogens with zero attached hydrogens (tertiary/aromatic N) is 4. The minimum atomic E-state index is 1.24. The van der Waals surface area contributed by atoms with E-state index in [4.69, 9.17) is 0 Å². The van der Waals surface area contributed by atoms with E-state index in [1.807, 2.05) is 6.07 Å². The molecule has 0 fully saturated rings. The molecule has 0 bridgehead atoms. The van der Waals surface area contributed by atoms with E-state index in [2.05, 4.69) is 338 Å². The zero-order chi connectivity index (χ0) is 54.4. The van der Waals surface area contributed by atoms with E-state index in [0.29, 0.717) is 0 Å².